The van der Waals surface area contributed by atoms with Gasteiger partial charge in [0.1, 0.15) is 87.0 Å². The lowest BCUT2D eigenvalue weighted by atomic mass is 10.1. The minimum atomic E-state index is -4.49. The molecule has 6 saturated heterocycles. The van der Waals surface area contributed by atoms with Crippen molar-refractivity contribution in [3.63, 3.8) is 0 Å². The molecule has 6 aromatic carbocycles. The number of morpholine rings is 3. The molecule has 0 saturated carbocycles. The average Bonchev–Trinajstić information content (AvgIpc) is 0.779. The minimum absolute atomic E-state index is 0.00408. The molecule has 624 valence electrons. The van der Waals surface area contributed by atoms with E-state index in [-0.39, 0.29) is 75.6 Å². The van der Waals surface area contributed by atoms with Crippen molar-refractivity contribution in [2.24, 2.45) is 0 Å². The van der Waals surface area contributed by atoms with Gasteiger partial charge in [-0.25, -0.2) is 41.3 Å². The first-order valence-corrected chi connectivity index (χ1v) is 37.4. The number of amides is 3. The standard InChI is InChI=1S/3C26H27F5N6O2/c3*1-35(14-16-8-18(27)12-19(28)9-16)21-11-17(25(38)37-3-2-32-22(15-37)26(29,30)31)10-20-24(21)34-23(13-33-20)36-4-6-39-7-5-36/h3*8-13,22,32H,2-7,14-15H2,1H3. The number of alkyl halides is 9. The zero-order valence-corrected chi connectivity index (χ0v) is 63.4. The van der Waals surface area contributed by atoms with Crippen LogP contribution in [0.15, 0.2) is 110 Å². The Morgan fingerprint density at radius 1 is 0.368 bits per heavy atom. The molecule has 24 nitrogen and oxygen atoms in total. The van der Waals surface area contributed by atoms with Crippen LogP contribution in [0.3, 0.4) is 0 Å². The van der Waals surface area contributed by atoms with E-state index in [1.807, 2.05) is 14.7 Å². The molecule has 15 rings (SSSR count). The highest BCUT2D eigenvalue weighted by Crippen LogP contribution is 2.36. The van der Waals surface area contributed by atoms with Gasteiger partial charge in [0.25, 0.3) is 17.7 Å². The van der Waals surface area contributed by atoms with E-state index in [9.17, 15) is 80.2 Å². The predicted octanol–water partition coefficient (Wildman–Crippen LogP) is 10.1. The fraction of sp³-hybridized carbons (Fsp3) is 0.423. The molecule has 39 heteroatoms. The van der Waals surface area contributed by atoms with Gasteiger partial charge in [0.15, 0.2) is 0 Å². The van der Waals surface area contributed by atoms with Crippen molar-refractivity contribution in [1.82, 2.24) is 60.6 Å². The van der Waals surface area contributed by atoms with E-state index in [1.54, 1.807) is 72.6 Å². The molecule has 9 aromatic rings. The molecule has 3 unspecified atom stereocenters. The Balaban J connectivity index is 0.000000152. The molecule has 3 atom stereocenters. The molecule has 6 aliphatic rings. The first-order chi connectivity index (χ1) is 55.7. The molecular formula is C78H81F15N18O6. The van der Waals surface area contributed by atoms with Crippen molar-refractivity contribution in [3.05, 3.63) is 178 Å². The number of ether oxygens (including phenoxy) is 3. The van der Waals surface area contributed by atoms with Gasteiger partial charge in [0, 0.05) is 174 Å². The van der Waals surface area contributed by atoms with Crippen LogP contribution in [0.1, 0.15) is 47.8 Å². The summed E-state index contributed by atoms with van der Waals surface area (Å²) in [6.45, 7) is 5.95. The average molecular weight is 1650 g/mol. The van der Waals surface area contributed by atoms with E-state index in [4.69, 9.17) is 29.2 Å². The number of fused-ring (bicyclic) bond motifs is 3. The Morgan fingerprint density at radius 2 is 0.607 bits per heavy atom. The summed E-state index contributed by atoms with van der Waals surface area (Å²) in [5, 5.41) is 7.21. The Hall–Kier alpha value is -10.7. The summed E-state index contributed by atoms with van der Waals surface area (Å²) >= 11 is 0. The van der Waals surface area contributed by atoms with Crippen LogP contribution < -0.4 is 45.3 Å². The summed E-state index contributed by atoms with van der Waals surface area (Å²) in [6.07, 6.45) is -8.73. The number of halogens is 15. The van der Waals surface area contributed by atoms with Gasteiger partial charge in [-0.3, -0.25) is 29.3 Å². The van der Waals surface area contributed by atoms with Crippen LogP contribution in [0.5, 0.6) is 0 Å². The van der Waals surface area contributed by atoms with Gasteiger partial charge < -0.3 is 74.3 Å². The van der Waals surface area contributed by atoms with Gasteiger partial charge in [0.2, 0.25) is 0 Å². The number of nitrogens with zero attached hydrogens (tertiary/aromatic N) is 15. The largest absolute Gasteiger partial charge is 0.405 e. The lowest BCUT2D eigenvalue weighted by Crippen LogP contribution is -2.58. The number of nitrogens with one attached hydrogen (secondary N) is 3. The number of anilines is 6. The Kier molecular flexibility index (Phi) is 25.9. The van der Waals surface area contributed by atoms with Gasteiger partial charge in [0.05, 0.1) is 91.8 Å². The Morgan fingerprint density at radius 3 is 0.838 bits per heavy atom. The van der Waals surface area contributed by atoms with Crippen LogP contribution in [0.4, 0.5) is 100 Å². The van der Waals surface area contributed by atoms with E-state index in [1.165, 1.54) is 54.6 Å². The molecule has 3 aromatic heterocycles. The van der Waals surface area contributed by atoms with E-state index in [0.717, 1.165) is 32.9 Å². The van der Waals surface area contributed by atoms with Crippen molar-refractivity contribution in [3.8, 4) is 0 Å². The second kappa shape index (κ2) is 36.0. The number of carbonyl (C=O) groups is 3. The first kappa shape index (κ1) is 84.2. The summed E-state index contributed by atoms with van der Waals surface area (Å²) in [6, 6.07) is 13.3. The lowest BCUT2D eigenvalue weighted by molar-refractivity contribution is -0.163. The van der Waals surface area contributed by atoms with E-state index >= 15 is 0 Å². The second-order valence-electron chi connectivity index (χ2n) is 28.9. The third-order valence-electron chi connectivity index (χ3n) is 20.4. The molecule has 0 bridgehead atoms. The van der Waals surface area contributed by atoms with Crippen LogP contribution in [-0.4, -0.2) is 258 Å². The third kappa shape index (κ3) is 20.8. The van der Waals surface area contributed by atoms with Crippen LogP contribution in [-0.2, 0) is 33.8 Å². The SMILES string of the molecule is CN(Cc1cc(F)cc(F)c1)c1cc(C(=O)N2CCNC(C(F)(F)F)C2)cc2ncc(N3CCOCC3)nc12.CN(Cc1cc(F)cc(F)c1)c1cc(C(=O)N2CCNC(C(F)(F)F)C2)cc2ncc(N3CCOCC3)nc12.CN(Cc1cc(F)cc(F)c1)c1cc(C(=O)N2CCNC(C(F)(F)F)C2)cc2ncc(N3CCOCC3)nc12. The number of hydrogen-bond donors (Lipinski definition) is 3. The van der Waals surface area contributed by atoms with E-state index in [0.29, 0.717) is 163 Å². The van der Waals surface area contributed by atoms with Crippen LogP contribution in [0, 0.1) is 34.9 Å². The van der Waals surface area contributed by atoms with Crippen LogP contribution in [0.25, 0.3) is 33.1 Å². The van der Waals surface area contributed by atoms with Crippen molar-refractivity contribution in [2.45, 2.75) is 56.3 Å². The summed E-state index contributed by atoms with van der Waals surface area (Å²) in [5.74, 6) is -4.24. The maximum absolute atomic E-state index is 13.9. The van der Waals surface area contributed by atoms with Crippen molar-refractivity contribution >= 4 is 85.3 Å². The Labute approximate surface area is 660 Å². The van der Waals surface area contributed by atoms with Gasteiger partial charge in [-0.1, -0.05) is 0 Å². The topological polar surface area (TPSA) is 221 Å². The molecule has 117 heavy (non-hydrogen) atoms. The monoisotopic (exact) mass is 1650 g/mol. The maximum atomic E-state index is 13.9. The molecule has 3 N–H and O–H groups in total. The summed E-state index contributed by atoms with van der Waals surface area (Å²) < 4.78 is 219. The predicted molar refractivity (Wildman–Crippen MR) is 404 cm³/mol. The van der Waals surface area contributed by atoms with Gasteiger partial charge >= 0.3 is 18.5 Å². The molecule has 0 spiro atoms. The van der Waals surface area contributed by atoms with Crippen LogP contribution in [0.2, 0.25) is 0 Å². The maximum Gasteiger partial charge on any atom is 0.405 e. The fourth-order valence-electron chi connectivity index (χ4n) is 14.5. The Bertz CT molecular complexity index is 4520. The summed E-state index contributed by atoms with van der Waals surface area (Å²) in [7, 11) is 5.04. The quantitative estimate of drug-likeness (QED) is 0.0812. The minimum Gasteiger partial charge on any atom is -0.378 e. The molecule has 6 aliphatic heterocycles. The number of piperazine rings is 3. The second-order valence-corrected chi connectivity index (χ2v) is 28.9. The zero-order valence-electron chi connectivity index (χ0n) is 63.4. The highest BCUT2D eigenvalue weighted by molar-refractivity contribution is 6.04. The number of hydrogen-bond acceptors (Lipinski definition) is 21. The highest BCUT2D eigenvalue weighted by atomic mass is 19.4. The van der Waals surface area contributed by atoms with Crippen molar-refractivity contribution in [2.75, 3.05) is 188 Å². The number of benzene rings is 6. The normalized spacial score (nSPS) is 18.5. The summed E-state index contributed by atoms with van der Waals surface area (Å²) in [4.78, 5) is 82.7. The summed E-state index contributed by atoms with van der Waals surface area (Å²) in [5.41, 5.74) is 5.29. The molecule has 0 radical (unpaired) electrons. The van der Waals surface area contributed by atoms with Gasteiger partial charge in [-0.2, -0.15) is 39.5 Å². The first-order valence-electron chi connectivity index (χ1n) is 37.4. The van der Waals surface area contributed by atoms with Crippen molar-refractivity contribution < 1.29 is 94.5 Å². The number of aromatic nitrogens is 6. The highest BCUT2D eigenvalue weighted by Gasteiger charge is 2.46. The molecule has 0 aliphatic carbocycles. The number of carbonyl (C=O) groups excluding carboxylic acids is 3. The fourth-order valence-corrected chi connectivity index (χ4v) is 14.5. The zero-order chi connectivity index (χ0) is 83.2. The van der Waals surface area contributed by atoms with E-state index in [2.05, 4.69) is 30.9 Å². The van der Waals surface area contributed by atoms with Crippen molar-refractivity contribution in [1.29, 1.82) is 0 Å². The van der Waals surface area contributed by atoms with Gasteiger partial charge in [-0.15, -0.1) is 0 Å². The molecule has 9 heterocycles. The van der Waals surface area contributed by atoms with Crippen LogP contribution >= 0.6 is 0 Å². The lowest BCUT2D eigenvalue weighted by Gasteiger charge is -2.35. The molecule has 6 fully saturated rings. The molecule has 3 amide bonds. The molecular weight excluding hydrogens is 1570 g/mol. The number of rotatable bonds is 15. The van der Waals surface area contributed by atoms with E-state index < -0.39 is 109 Å². The smallest absolute Gasteiger partial charge is 0.378 e. The third-order valence-corrected chi connectivity index (χ3v) is 20.4. The van der Waals surface area contributed by atoms with Gasteiger partial charge in [-0.05, 0) is 89.5 Å².